The molecule has 9 heteroatoms. The molecule has 0 aliphatic carbocycles. The van der Waals surface area contributed by atoms with Crippen molar-refractivity contribution in [2.45, 2.75) is 10.1 Å². The number of hydrogen-bond acceptors (Lipinski definition) is 6. The Bertz CT molecular complexity index is 743. The molecule has 0 amide bonds. The van der Waals surface area contributed by atoms with Gasteiger partial charge in [0.1, 0.15) is 0 Å². The van der Waals surface area contributed by atoms with Crippen molar-refractivity contribution >= 4 is 16.4 Å². The molecule has 0 aliphatic rings. The van der Waals surface area contributed by atoms with Gasteiger partial charge in [0.2, 0.25) is 0 Å². The van der Waals surface area contributed by atoms with E-state index in [0.29, 0.717) is 10.4 Å². The van der Waals surface area contributed by atoms with Crippen LogP contribution < -0.4 is 4.73 Å². The first kappa shape index (κ1) is 10.7. The van der Waals surface area contributed by atoms with Crippen LogP contribution in [0.25, 0.3) is 5.65 Å². The van der Waals surface area contributed by atoms with E-state index in [9.17, 15) is 9.42 Å². The smallest absolute Gasteiger partial charge is 0.287 e. The summed E-state index contributed by atoms with van der Waals surface area (Å²) in [6.07, 6.45) is 1.28. The van der Waals surface area contributed by atoms with Gasteiger partial charge in [-0.1, -0.05) is 0 Å². The summed E-state index contributed by atoms with van der Waals surface area (Å²) >= 11 is 0. The highest BCUT2D eigenvalue weighted by molar-refractivity contribution is 7.84. The van der Waals surface area contributed by atoms with Crippen molar-refractivity contribution in [3.8, 4) is 0 Å². The molecule has 3 aromatic heterocycles. The topological polar surface area (TPSA) is 100.0 Å². The monoisotopic (exact) mass is 262 g/mol. The zero-order valence-corrected chi connectivity index (χ0v) is 9.69. The zero-order chi connectivity index (χ0) is 12.5. The second-order valence-electron chi connectivity index (χ2n) is 3.33. The molecule has 1 atom stereocenters. The van der Waals surface area contributed by atoms with Crippen LogP contribution in [0.4, 0.5) is 0 Å². The summed E-state index contributed by atoms with van der Waals surface area (Å²) in [6, 6.07) is 7.78. The highest BCUT2D eigenvalue weighted by Crippen LogP contribution is 2.10. The molecule has 0 radical (unpaired) electrons. The highest BCUT2D eigenvalue weighted by Gasteiger charge is 2.18. The van der Waals surface area contributed by atoms with Crippen molar-refractivity contribution in [1.29, 1.82) is 0 Å². The molecule has 0 fully saturated rings. The van der Waals surface area contributed by atoms with Crippen molar-refractivity contribution in [1.82, 2.24) is 25.3 Å². The van der Waals surface area contributed by atoms with E-state index in [1.807, 2.05) is 0 Å². The molecular weight excluding hydrogens is 256 g/mol. The molecule has 0 bridgehead atoms. The molecule has 0 spiro atoms. The second-order valence-corrected chi connectivity index (χ2v) is 4.71. The van der Waals surface area contributed by atoms with Crippen LogP contribution in [0, 0.1) is 5.21 Å². The van der Waals surface area contributed by atoms with Crippen LogP contribution in [0.15, 0.2) is 46.6 Å². The Kier molecular flexibility index (Phi) is 2.45. The maximum Gasteiger partial charge on any atom is 0.287 e. The van der Waals surface area contributed by atoms with Crippen LogP contribution in [0.1, 0.15) is 0 Å². The van der Waals surface area contributed by atoms with Gasteiger partial charge in [-0.25, -0.2) is 4.21 Å². The summed E-state index contributed by atoms with van der Waals surface area (Å²) in [4.78, 5) is 0. The van der Waals surface area contributed by atoms with Gasteiger partial charge >= 0.3 is 0 Å². The minimum Gasteiger partial charge on any atom is -0.618 e. The maximum absolute atomic E-state index is 12.2. The van der Waals surface area contributed by atoms with Gasteiger partial charge in [0.25, 0.3) is 5.03 Å². The van der Waals surface area contributed by atoms with Crippen LogP contribution in [0.3, 0.4) is 0 Å². The Hall–Kier alpha value is -2.42. The Morgan fingerprint density at radius 3 is 3.00 bits per heavy atom. The van der Waals surface area contributed by atoms with Crippen molar-refractivity contribution in [2.24, 2.45) is 0 Å². The summed E-state index contributed by atoms with van der Waals surface area (Å²) in [6.45, 7) is 0. The Labute approximate surface area is 103 Å². The average Bonchev–Trinajstić information content (AvgIpc) is 2.85. The molecule has 3 aromatic rings. The molecule has 0 N–H and O–H groups in total. The van der Waals surface area contributed by atoms with E-state index in [-0.39, 0.29) is 10.1 Å². The van der Waals surface area contributed by atoms with Gasteiger partial charge in [0.05, 0.1) is 0 Å². The van der Waals surface area contributed by atoms with E-state index in [2.05, 4.69) is 20.6 Å². The van der Waals surface area contributed by atoms with Crippen molar-refractivity contribution < 1.29 is 8.94 Å². The quantitative estimate of drug-likeness (QED) is 0.448. The SMILES string of the molecule is O=S(c1ccc2nnnn2n1)c1cccc[n+]1[O-]. The number of hydrogen-bond donors (Lipinski definition) is 0. The Morgan fingerprint density at radius 2 is 2.17 bits per heavy atom. The average molecular weight is 262 g/mol. The lowest BCUT2D eigenvalue weighted by atomic mass is 10.5. The third-order valence-electron chi connectivity index (χ3n) is 2.21. The molecule has 0 saturated carbocycles. The summed E-state index contributed by atoms with van der Waals surface area (Å²) < 4.78 is 13.9. The Balaban J connectivity index is 2.09. The van der Waals surface area contributed by atoms with Crippen LogP contribution in [-0.2, 0) is 10.8 Å². The molecular formula is C9H6N6O2S. The fourth-order valence-corrected chi connectivity index (χ4v) is 2.38. The van der Waals surface area contributed by atoms with Crippen LogP contribution >= 0.6 is 0 Å². The van der Waals surface area contributed by atoms with E-state index in [1.54, 1.807) is 18.2 Å². The number of rotatable bonds is 2. The fraction of sp³-hybridized carbons (Fsp3) is 0. The molecule has 18 heavy (non-hydrogen) atoms. The van der Waals surface area contributed by atoms with Crippen LogP contribution in [0.2, 0.25) is 0 Å². The van der Waals surface area contributed by atoms with Gasteiger partial charge in [-0.2, -0.15) is 4.73 Å². The van der Waals surface area contributed by atoms with Gasteiger partial charge in [-0.05, 0) is 28.6 Å². The van der Waals surface area contributed by atoms with E-state index in [0.717, 1.165) is 4.63 Å². The summed E-state index contributed by atoms with van der Waals surface area (Å²) in [5.41, 5.74) is 0.443. The number of pyridine rings is 1. The first-order chi connectivity index (χ1) is 8.75. The molecule has 0 aliphatic heterocycles. The lowest BCUT2D eigenvalue weighted by molar-refractivity contribution is -0.646. The molecule has 1 unspecified atom stereocenters. The third-order valence-corrected chi connectivity index (χ3v) is 3.51. The normalized spacial score (nSPS) is 12.7. The Morgan fingerprint density at radius 1 is 1.28 bits per heavy atom. The van der Waals surface area contributed by atoms with Gasteiger partial charge in [0, 0.05) is 12.1 Å². The van der Waals surface area contributed by atoms with E-state index >= 15 is 0 Å². The molecule has 0 saturated heterocycles. The van der Waals surface area contributed by atoms with Gasteiger partial charge in [-0.15, -0.1) is 14.8 Å². The second kappa shape index (κ2) is 4.11. The van der Waals surface area contributed by atoms with E-state index < -0.39 is 10.8 Å². The third kappa shape index (κ3) is 1.70. The van der Waals surface area contributed by atoms with Crippen LogP contribution in [0.5, 0.6) is 0 Å². The van der Waals surface area contributed by atoms with Crippen molar-refractivity contribution in [3.05, 3.63) is 41.7 Å². The first-order valence-electron chi connectivity index (χ1n) is 4.91. The minimum atomic E-state index is -1.68. The van der Waals surface area contributed by atoms with E-state index in [1.165, 1.54) is 18.3 Å². The largest absolute Gasteiger partial charge is 0.618 e. The molecule has 3 heterocycles. The summed E-state index contributed by atoms with van der Waals surface area (Å²) in [5, 5.41) is 26.5. The van der Waals surface area contributed by atoms with E-state index in [4.69, 9.17) is 0 Å². The first-order valence-corrected chi connectivity index (χ1v) is 6.06. The number of fused-ring (bicyclic) bond motifs is 1. The highest BCUT2D eigenvalue weighted by atomic mass is 32.2. The molecule has 8 nitrogen and oxygen atoms in total. The van der Waals surface area contributed by atoms with Crippen molar-refractivity contribution in [2.75, 3.05) is 0 Å². The molecule has 0 aromatic carbocycles. The van der Waals surface area contributed by atoms with Gasteiger partial charge in [-0.3, -0.25) is 0 Å². The molecule has 3 rings (SSSR count). The summed E-state index contributed by atoms with van der Waals surface area (Å²) in [5.74, 6) is 0. The molecule has 90 valence electrons. The van der Waals surface area contributed by atoms with Crippen LogP contribution in [-0.4, -0.2) is 29.5 Å². The maximum atomic E-state index is 12.2. The fourth-order valence-electron chi connectivity index (χ4n) is 1.40. The zero-order valence-electron chi connectivity index (χ0n) is 8.87. The predicted molar refractivity (Wildman–Crippen MR) is 58.7 cm³/mol. The van der Waals surface area contributed by atoms with Crippen molar-refractivity contribution in [3.63, 3.8) is 0 Å². The lowest BCUT2D eigenvalue weighted by Gasteiger charge is -2.02. The van der Waals surface area contributed by atoms with Gasteiger partial charge < -0.3 is 5.21 Å². The minimum absolute atomic E-state index is 0.109. The standard InChI is InChI=1S/C9H6N6O2S/c16-14-6-2-1-3-9(14)18(17)8-5-4-7-10-12-13-15(7)11-8/h1-6H. The number of tetrazole rings is 1. The predicted octanol–water partition coefficient (Wildman–Crippen LogP) is -0.681. The summed E-state index contributed by atoms with van der Waals surface area (Å²) in [7, 11) is -1.68. The number of nitrogens with zero attached hydrogens (tertiary/aromatic N) is 6. The number of aromatic nitrogens is 6. The van der Waals surface area contributed by atoms with Gasteiger partial charge in [0.15, 0.2) is 27.7 Å². The lowest BCUT2D eigenvalue weighted by Crippen LogP contribution is -2.31.